The van der Waals surface area contributed by atoms with Gasteiger partial charge in [0, 0.05) is 12.1 Å². The van der Waals surface area contributed by atoms with E-state index in [1.165, 1.54) is 18.4 Å². The molecule has 1 aromatic carbocycles. The predicted octanol–water partition coefficient (Wildman–Crippen LogP) is 2.31. The normalized spacial score (nSPS) is 19.0. The van der Waals surface area contributed by atoms with Crippen LogP contribution in [0.2, 0.25) is 0 Å². The highest BCUT2D eigenvalue weighted by atomic mass is 16.1. The molecule has 1 aliphatic rings. The maximum Gasteiger partial charge on any atom is 0.323 e. The van der Waals surface area contributed by atoms with Gasteiger partial charge in [-0.15, -0.1) is 0 Å². The number of rotatable bonds is 4. The van der Waals surface area contributed by atoms with Gasteiger partial charge in [0.2, 0.25) is 0 Å². The summed E-state index contributed by atoms with van der Waals surface area (Å²) in [5.41, 5.74) is 2.82. The first-order valence-electron chi connectivity index (χ1n) is 6.61. The van der Waals surface area contributed by atoms with E-state index < -0.39 is 0 Å². The summed E-state index contributed by atoms with van der Waals surface area (Å²) in [5, 5.41) is 3.63. The fourth-order valence-electron chi connectivity index (χ4n) is 2.54. The van der Waals surface area contributed by atoms with E-state index in [-0.39, 0.29) is 5.69 Å². The molecule has 1 saturated carbocycles. The molecule has 1 aromatic heterocycles. The highest BCUT2D eigenvalue weighted by molar-refractivity contribution is 5.75. The number of hydrogen-bond donors (Lipinski definition) is 3. The zero-order valence-corrected chi connectivity index (χ0v) is 10.8. The van der Waals surface area contributed by atoms with Crippen molar-refractivity contribution >= 4 is 11.0 Å². The third-order valence-electron chi connectivity index (χ3n) is 3.88. The Labute approximate surface area is 106 Å². The molecule has 1 fully saturated rings. The maximum absolute atomic E-state index is 11.2. The number of aromatic amines is 2. The lowest BCUT2D eigenvalue weighted by atomic mass is 10.1. The van der Waals surface area contributed by atoms with Crippen LogP contribution < -0.4 is 11.0 Å². The first-order chi connectivity index (χ1) is 8.63. The number of aromatic nitrogens is 2. The summed E-state index contributed by atoms with van der Waals surface area (Å²) in [4.78, 5) is 16.8. The van der Waals surface area contributed by atoms with Crippen molar-refractivity contribution in [3.05, 3.63) is 34.2 Å². The Hall–Kier alpha value is -1.55. The highest BCUT2D eigenvalue weighted by Crippen LogP contribution is 2.33. The van der Waals surface area contributed by atoms with Gasteiger partial charge < -0.3 is 15.3 Å². The van der Waals surface area contributed by atoms with Crippen LogP contribution in [0.3, 0.4) is 0 Å². The number of H-pyrrole nitrogens is 2. The average Bonchev–Trinajstić information content (AvgIpc) is 3.10. The summed E-state index contributed by atoms with van der Waals surface area (Å²) >= 11 is 0. The van der Waals surface area contributed by atoms with Gasteiger partial charge in [-0.3, -0.25) is 0 Å². The van der Waals surface area contributed by atoms with Crippen LogP contribution in [0.25, 0.3) is 11.0 Å². The highest BCUT2D eigenvalue weighted by Gasteiger charge is 2.28. The molecule has 2 aromatic rings. The van der Waals surface area contributed by atoms with Crippen LogP contribution in [-0.4, -0.2) is 16.0 Å². The van der Waals surface area contributed by atoms with Crippen LogP contribution in [0, 0.1) is 5.92 Å². The molecule has 0 amide bonds. The molecule has 18 heavy (non-hydrogen) atoms. The monoisotopic (exact) mass is 245 g/mol. The molecule has 0 bridgehead atoms. The molecule has 2 atom stereocenters. The van der Waals surface area contributed by atoms with Gasteiger partial charge in [-0.05, 0) is 50.3 Å². The molecule has 0 radical (unpaired) electrons. The molecule has 0 spiro atoms. The maximum atomic E-state index is 11.2. The number of benzene rings is 1. The lowest BCUT2D eigenvalue weighted by Crippen LogP contribution is -2.30. The summed E-state index contributed by atoms with van der Waals surface area (Å²) < 4.78 is 0. The van der Waals surface area contributed by atoms with Crippen molar-refractivity contribution < 1.29 is 0 Å². The topological polar surface area (TPSA) is 60.7 Å². The Morgan fingerprint density at radius 1 is 1.22 bits per heavy atom. The Morgan fingerprint density at radius 2 is 1.94 bits per heavy atom. The predicted molar refractivity (Wildman–Crippen MR) is 72.7 cm³/mol. The van der Waals surface area contributed by atoms with Crippen molar-refractivity contribution in [3.8, 4) is 0 Å². The van der Waals surface area contributed by atoms with E-state index >= 15 is 0 Å². The number of imidazole rings is 1. The molecule has 0 saturated heterocycles. The molecule has 0 aliphatic heterocycles. The SMILES string of the molecule is CC(NC(C)C1CC1)c1ccc2[nH]c(=O)[nH]c2c1. The zero-order valence-electron chi connectivity index (χ0n) is 10.8. The van der Waals surface area contributed by atoms with Gasteiger partial charge in [0.15, 0.2) is 0 Å². The van der Waals surface area contributed by atoms with E-state index in [4.69, 9.17) is 0 Å². The molecule has 2 unspecified atom stereocenters. The van der Waals surface area contributed by atoms with Crippen LogP contribution in [0.15, 0.2) is 23.0 Å². The Kier molecular flexibility index (Phi) is 2.74. The molecule has 3 N–H and O–H groups in total. The first-order valence-corrected chi connectivity index (χ1v) is 6.61. The standard InChI is InChI=1S/C14H19N3O/c1-8(10-3-4-10)15-9(2)11-5-6-12-13(7-11)17-14(18)16-12/h5-10,15H,3-4H2,1-2H3,(H2,16,17,18). The first kappa shape index (κ1) is 11.5. The van der Waals surface area contributed by atoms with E-state index in [2.05, 4.69) is 35.2 Å². The van der Waals surface area contributed by atoms with Crippen molar-refractivity contribution in [2.24, 2.45) is 5.92 Å². The van der Waals surface area contributed by atoms with Crippen molar-refractivity contribution in [3.63, 3.8) is 0 Å². The number of nitrogens with one attached hydrogen (secondary N) is 3. The molecular formula is C14H19N3O. The Morgan fingerprint density at radius 3 is 2.67 bits per heavy atom. The van der Waals surface area contributed by atoms with Gasteiger partial charge in [-0.1, -0.05) is 6.07 Å². The lowest BCUT2D eigenvalue weighted by molar-refractivity contribution is 0.441. The lowest BCUT2D eigenvalue weighted by Gasteiger charge is -2.20. The fourth-order valence-corrected chi connectivity index (χ4v) is 2.54. The van der Waals surface area contributed by atoms with E-state index in [1.54, 1.807) is 0 Å². The summed E-state index contributed by atoms with van der Waals surface area (Å²) in [6, 6.07) is 6.96. The van der Waals surface area contributed by atoms with Crippen LogP contribution >= 0.6 is 0 Å². The van der Waals surface area contributed by atoms with Crippen LogP contribution in [0.1, 0.15) is 38.3 Å². The zero-order chi connectivity index (χ0) is 12.7. The molecule has 96 valence electrons. The summed E-state index contributed by atoms with van der Waals surface area (Å²) in [7, 11) is 0. The smallest absolute Gasteiger partial charge is 0.307 e. The molecule has 4 heteroatoms. The van der Waals surface area contributed by atoms with Gasteiger partial charge >= 0.3 is 5.69 Å². The minimum absolute atomic E-state index is 0.144. The van der Waals surface area contributed by atoms with Gasteiger partial charge in [-0.2, -0.15) is 0 Å². The van der Waals surface area contributed by atoms with Gasteiger partial charge in [0.05, 0.1) is 11.0 Å². The molecule has 1 aliphatic carbocycles. The number of fused-ring (bicyclic) bond motifs is 1. The average molecular weight is 245 g/mol. The second-order valence-corrected chi connectivity index (χ2v) is 5.40. The summed E-state index contributed by atoms with van der Waals surface area (Å²) in [6.07, 6.45) is 2.70. The second kappa shape index (κ2) is 4.28. The minimum atomic E-state index is -0.144. The van der Waals surface area contributed by atoms with Crippen LogP contribution in [-0.2, 0) is 0 Å². The third-order valence-corrected chi connectivity index (χ3v) is 3.88. The van der Waals surface area contributed by atoms with Gasteiger partial charge in [0.25, 0.3) is 0 Å². The molecule has 1 heterocycles. The van der Waals surface area contributed by atoms with Gasteiger partial charge in [-0.25, -0.2) is 4.79 Å². The van der Waals surface area contributed by atoms with E-state index in [0.29, 0.717) is 12.1 Å². The van der Waals surface area contributed by atoms with Crippen LogP contribution in [0.5, 0.6) is 0 Å². The van der Waals surface area contributed by atoms with Crippen LogP contribution in [0.4, 0.5) is 0 Å². The molecule has 3 rings (SSSR count). The second-order valence-electron chi connectivity index (χ2n) is 5.40. The largest absolute Gasteiger partial charge is 0.323 e. The van der Waals surface area contributed by atoms with Crippen molar-refractivity contribution in [2.45, 2.75) is 38.8 Å². The third kappa shape index (κ3) is 2.20. The van der Waals surface area contributed by atoms with Crippen molar-refractivity contribution in [1.29, 1.82) is 0 Å². The fraction of sp³-hybridized carbons (Fsp3) is 0.500. The summed E-state index contributed by atoms with van der Waals surface area (Å²) in [6.45, 7) is 4.43. The quantitative estimate of drug-likeness (QED) is 0.774. The summed E-state index contributed by atoms with van der Waals surface area (Å²) in [5.74, 6) is 0.850. The van der Waals surface area contributed by atoms with Crippen molar-refractivity contribution in [2.75, 3.05) is 0 Å². The minimum Gasteiger partial charge on any atom is -0.307 e. The Balaban J connectivity index is 1.81. The Bertz CT molecular complexity index is 609. The van der Waals surface area contributed by atoms with E-state index in [1.807, 2.05) is 12.1 Å². The van der Waals surface area contributed by atoms with E-state index in [0.717, 1.165) is 17.0 Å². The van der Waals surface area contributed by atoms with E-state index in [9.17, 15) is 4.79 Å². The molecule has 4 nitrogen and oxygen atoms in total. The van der Waals surface area contributed by atoms with Crippen molar-refractivity contribution in [1.82, 2.24) is 15.3 Å². The number of hydrogen-bond acceptors (Lipinski definition) is 2. The molecular weight excluding hydrogens is 226 g/mol. The van der Waals surface area contributed by atoms with Gasteiger partial charge in [0.1, 0.15) is 0 Å².